The van der Waals surface area contributed by atoms with Gasteiger partial charge in [0.25, 0.3) is 0 Å². The van der Waals surface area contributed by atoms with Gasteiger partial charge in [-0.15, -0.1) is 11.3 Å². The first-order chi connectivity index (χ1) is 11.7. The predicted octanol–water partition coefficient (Wildman–Crippen LogP) is 4.39. The molecule has 0 atom stereocenters. The Balaban J connectivity index is 1.76. The van der Waals surface area contributed by atoms with E-state index in [9.17, 15) is 0 Å². The van der Waals surface area contributed by atoms with E-state index in [1.54, 1.807) is 29.9 Å². The van der Waals surface area contributed by atoms with E-state index < -0.39 is 0 Å². The number of nitrogen functional groups attached to an aromatic ring is 1. The number of nitrogens with two attached hydrogens (primary N) is 1. The molecule has 0 aliphatic rings. The van der Waals surface area contributed by atoms with Crippen molar-refractivity contribution in [2.75, 3.05) is 11.1 Å². The molecule has 0 aliphatic carbocycles. The van der Waals surface area contributed by atoms with Crippen LogP contribution >= 0.6 is 11.3 Å². The summed E-state index contributed by atoms with van der Waals surface area (Å²) < 4.78 is 1.22. The van der Waals surface area contributed by atoms with Crippen LogP contribution in [0, 0.1) is 6.92 Å². The number of nitrogens with one attached hydrogen (secondary N) is 1. The maximum absolute atomic E-state index is 5.72. The van der Waals surface area contributed by atoms with Crippen molar-refractivity contribution in [2.24, 2.45) is 0 Å². The number of benzene rings is 1. The van der Waals surface area contributed by atoms with Gasteiger partial charge in [0, 0.05) is 22.8 Å². The Bertz CT molecular complexity index is 1010. The van der Waals surface area contributed by atoms with Crippen LogP contribution in [0.3, 0.4) is 0 Å². The van der Waals surface area contributed by atoms with Crippen LogP contribution in [0.5, 0.6) is 0 Å². The standard InChI is InChI=1S/C18H15N5S/c1-11-14-9-12(22-13-3-2-7-20-10-13)4-5-16(14)24-17(11)15-6-8-21-18(19)23-15/h2-10,22H,1H3,(H2,19,21,23). The van der Waals surface area contributed by atoms with Crippen molar-refractivity contribution in [3.05, 3.63) is 60.6 Å². The quantitative estimate of drug-likeness (QED) is 0.581. The minimum Gasteiger partial charge on any atom is -0.368 e. The van der Waals surface area contributed by atoms with Gasteiger partial charge in [0.1, 0.15) is 0 Å². The second-order valence-electron chi connectivity index (χ2n) is 5.43. The summed E-state index contributed by atoms with van der Waals surface area (Å²) in [5.41, 5.74) is 9.78. The van der Waals surface area contributed by atoms with E-state index in [0.29, 0.717) is 5.95 Å². The summed E-state index contributed by atoms with van der Waals surface area (Å²) in [5, 5.41) is 4.59. The Kier molecular flexibility index (Phi) is 3.59. The molecule has 118 valence electrons. The molecule has 3 heterocycles. The molecule has 4 rings (SSSR count). The zero-order valence-corrected chi connectivity index (χ0v) is 13.8. The van der Waals surface area contributed by atoms with Gasteiger partial charge in [-0.3, -0.25) is 4.98 Å². The molecule has 3 N–H and O–H groups in total. The molecular formula is C18H15N5S. The van der Waals surface area contributed by atoms with E-state index in [4.69, 9.17) is 5.73 Å². The summed E-state index contributed by atoms with van der Waals surface area (Å²) in [4.78, 5) is 13.6. The number of thiophene rings is 1. The van der Waals surface area contributed by atoms with Crippen LogP contribution in [0.4, 0.5) is 17.3 Å². The van der Waals surface area contributed by atoms with Gasteiger partial charge >= 0.3 is 0 Å². The lowest BCUT2D eigenvalue weighted by molar-refractivity contribution is 1.19. The first-order valence-corrected chi connectivity index (χ1v) is 8.31. The number of anilines is 3. The van der Waals surface area contributed by atoms with Crippen molar-refractivity contribution >= 4 is 38.7 Å². The molecule has 4 aromatic rings. The van der Waals surface area contributed by atoms with Crippen LogP contribution in [0.25, 0.3) is 20.7 Å². The van der Waals surface area contributed by atoms with Crippen LogP contribution in [0.2, 0.25) is 0 Å². The van der Waals surface area contributed by atoms with Gasteiger partial charge in [0.15, 0.2) is 0 Å². The molecule has 0 saturated heterocycles. The SMILES string of the molecule is Cc1c(-c2ccnc(N)n2)sc2ccc(Nc3cccnc3)cc12. The van der Waals surface area contributed by atoms with Gasteiger partial charge in [-0.1, -0.05) is 0 Å². The Hall–Kier alpha value is -2.99. The summed E-state index contributed by atoms with van der Waals surface area (Å²) in [6.07, 6.45) is 5.26. The van der Waals surface area contributed by atoms with Crippen molar-refractivity contribution < 1.29 is 0 Å². The smallest absolute Gasteiger partial charge is 0.220 e. The summed E-state index contributed by atoms with van der Waals surface area (Å²) in [7, 11) is 0. The van der Waals surface area contributed by atoms with Crippen LogP contribution in [-0.4, -0.2) is 15.0 Å². The fourth-order valence-corrected chi connectivity index (χ4v) is 3.81. The average Bonchev–Trinajstić information content (AvgIpc) is 2.93. The van der Waals surface area contributed by atoms with Crippen LogP contribution in [-0.2, 0) is 0 Å². The monoisotopic (exact) mass is 333 g/mol. The highest BCUT2D eigenvalue weighted by Crippen LogP contribution is 2.38. The van der Waals surface area contributed by atoms with E-state index >= 15 is 0 Å². The van der Waals surface area contributed by atoms with E-state index in [1.807, 2.05) is 18.2 Å². The molecule has 0 saturated carbocycles. The lowest BCUT2D eigenvalue weighted by Gasteiger charge is -2.06. The number of rotatable bonds is 3. The molecular weight excluding hydrogens is 318 g/mol. The predicted molar refractivity (Wildman–Crippen MR) is 99.5 cm³/mol. The van der Waals surface area contributed by atoms with E-state index in [-0.39, 0.29) is 0 Å². The Morgan fingerprint density at radius 3 is 2.79 bits per heavy atom. The van der Waals surface area contributed by atoms with Gasteiger partial charge in [0.05, 0.1) is 22.5 Å². The van der Waals surface area contributed by atoms with Crippen LogP contribution in [0.15, 0.2) is 55.0 Å². The van der Waals surface area contributed by atoms with Gasteiger partial charge < -0.3 is 11.1 Å². The molecule has 0 bridgehead atoms. The fourth-order valence-electron chi connectivity index (χ4n) is 2.65. The summed E-state index contributed by atoms with van der Waals surface area (Å²) in [6.45, 7) is 2.11. The Labute approximate surface area is 143 Å². The van der Waals surface area contributed by atoms with Crippen molar-refractivity contribution in [1.29, 1.82) is 0 Å². The second kappa shape index (κ2) is 5.90. The molecule has 5 nitrogen and oxygen atoms in total. The molecule has 1 aromatic carbocycles. The number of hydrogen-bond donors (Lipinski definition) is 2. The number of aromatic nitrogens is 3. The minimum atomic E-state index is 0.295. The second-order valence-corrected chi connectivity index (χ2v) is 6.49. The molecule has 0 fully saturated rings. The minimum absolute atomic E-state index is 0.295. The third-order valence-corrected chi connectivity index (χ3v) is 5.09. The zero-order valence-electron chi connectivity index (χ0n) is 13.0. The maximum atomic E-state index is 5.72. The molecule has 6 heteroatoms. The zero-order chi connectivity index (χ0) is 16.5. The maximum Gasteiger partial charge on any atom is 0.220 e. The van der Waals surface area contributed by atoms with Gasteiger partial charge in [0.2, 0.25) is 5.95 Å². The highest BCUT2D eigenvalue weighted by atomic mass is 32.1. The van der Waals surface area contributed by atoms with E-state index in [2.05, 4.69) is 45.4 Å². The molecule has 0 spiro atoms. The topological polar surface area (TPSA) is 76.7 Å². The Morgan fingerprint density at radius 1 is 1.08 bits per heavy atom. The van der Waals surface area contributed by atoms with Crippen molar-refractivity contribution in [3.8, 4) is 10.6 Å². The molecule has 0 radical (unpaired) electrons. The third-order valence-electron chi connectivity index (χ3n) is 3.79. The summed E-state index contributed by atoms with van der Waals surface area (Å²) in [6, 6.07) is 12.1. The fraction of sp³-hybridized carbons (Fsp3) is 0.0556. The van der Waals surface area contributed by atoms with Gasteiger partial charge in [-0.2, -0.15) is 0 Å². The summed E-state index contributed by atoms with van der Waals surface area (Å²) >= 11 is 1.71. The summed E-state index contributed by atoms with van der Waals surface area (Å²) in [5.74, 6) is 0.295. The largest absolute Gasteiger partial charge is 0.368 e. The van der Waals surface area contributed by atoms with Crippen LogP contribution < -0.4 is 11.1 Å². The molecule has 3 aromatic heterocycles. The van der Waals surface area contributed by atoms with Gasteiger partial charge in [-0.25, -0.2) is 9.97 Å². The van der Waals surface area contributed by atoms with Crippen LogP contribution in [0.1, 0.15) is 5.56 Å². The average molecular weight is 333 g/mol. The lowest BCUT2D eigenvalue weighted by atomic mass is 10.1. The Morgan fingerprint density at radius 2 is 2.00 bits per heavy atom. The third kappa shape index (κ3) is 2.68. The van der Waals surface area contributed by atoms with Crippen molar-refractivity contribution in [3.63, 3.8) is 0 Å². The van der Waals surface area contributed by atoms with Crippen molar-refractivity contribution in [2.45, 2.75) is 6.92 Å². The van der Waals surface area contributed by atoms with E-state index in [1.165, 1.54) is 15.6 Å². The first kappa shape index (κ1) is 14.6. The lowest BCUT2D eigenvalue weighted by Crippen LogP contribution is -1.94. The molecule has 0 amide bonds. The highest BCUT2D eigenvalue weighted by Gasteiger charge is 2.12. The normalized spacial score (nSPS) is 10.9. The highest BCUT2D eigenvalue weighted by molar-refractivity contribution is 7.22. The number of fused-ring (bicyclic) bond motifs is 1. The van der Waals surface area contributed by atoms with Crippen molar-refractivity contribution in [1.82, 2.24) is 15.0 Å². The molecule has 0 aliphatic heterocycles. The van der Waals surface area contributed by atoms with Gasteiger partial charge in [-0.05, 0) is 54.3 Å². The number of nitrogens with zero attached hydrogens (tertiary/aromatic N) is 3. The molecule has 0 unspecified atom stereocenters. The van der Waals surface area contributed by atoms with E-state index in [0.717, 1.165) is 21.9 Å². The number of aryl methyl sites for hydroxylation is 1. The number of hydrogen-bond acceptors (Lipinski definition) is 6. The molecule has 24 heavy (non-hydrogen) atoms. The number of pyridine rings is 1. The first-order valence-electron chi connectivity index (χ1n) is 7.50.